The number of hydrogen-bond donors (Lipinski definition) is 3. The van der Waals surface area contributed by atoms with Gasteiger partial charge < -0.3 is 34.3 Å². The van der Waals surface area contributed by atoms with E-state index in [0.29, 0.717) is 35.9 Å². The molecule has 1 amide bonds. The highest BCUT2D eigenvalue weighted by Crippen LogP contribution is 2.47. The number of aliphatic carboxylic acids is 2. The molecule has 1 aromatic heterocycles. The number of carbonyl (C=O) groups is 3. The van der Waals surface area contributed by atoms with Gasteiger partial charge in [-0.25, -0.2) is 9.59 Å². The Bertz CT molecular complexity index is 1740. The van der Waals surface area contributed by atoms with Crippen molar-refractivity contribution >= 4 is 28.7 Å². The van der Waals surface area contributed by atoms with Crippen molar-refractivity contribution < 1.29 is 38.8 Å². The summed E-state index contributed by atoms with van der Waals surface area (Å²) >= 11 is 0. The molecule has 1 aliphatic heterocycles. The number of nitrogens with one attached hydrogen (secondary N) is 1. The molecule has 2 aliphatic rings. The molecule has 0 unspecified atom stereocenters. The summed E-state index contributed by atoms with van der Waals surface area (Å²) in [4.78, 5) is 36.4. The zero-order valence-corrected chi connectivity index (χ0v) is 25.1. The number of fused-ring (bicyclic) bond motifs is 5. The molecule has 0 radical (unpaired) electrons. The molecule has 0 saturated heterocycles. The number of hydrogen-bond acceptors (Lipinski definition) is 6. The molecule has 3 N–H and O–H groups in total. The zero-order chi connectivity index (χ0) is 31.5. The smallest absolute Gasteiger partial charge is 0.341 e. The number of carboxylic acids is 2. The number of carbonyl (C=O) groups excluding carboxylic acids is 1. The second-order valence-electron chi connectivity index (χ2n) is 11.6. The largest absolute Gasteiger partial charge is 0.497 e. The van der Waals surface area contributed by atoms with Crippen LogP contribution in [-0.4, -0.2) is 59.0 Å². The Balaban J connectivity index is 1.32. The third-order valence-corrected chi connectivity index (χ3v) is 8.72. The lowest BCUT2D eigenvalue weighted by Gasteiger charge is -2.23. The van der Waals surface area contributed by atoms with Crippen molar-refractivity contribution in [2.24, 2.45) is 0 Å². The van der Waals surface area contributed by atoms with E-state index < -0.39 is 30.5 Å². The van der Waals surface area contributed by atoms with Crippen LogP contribution in [0.15, 0.2) is 60.7 Å². The van der Waals surface area contributed by atoms with Gasteiger partial charge in [0.1, 0.15) is 29.9 Å². The van der Waals surface area contributed by atoms with Crippen molar-refractivity contribution in [3.63, 3.8) is 0 Å². The van der Waals surface area contributed by atoms with E-state index in [9.17, 15) is 19.5 Å². The van der Waals surface area contributed by atoms with Gasteiger partial charge in [0.25, 0.3) is 5.91 Å². The summed E-state index contributed by atoms with van der Waals surface area (Å²) in [5.41, 5.74) is 5.36. The molecule has 234 valence electrons. The Labute approximate surface area is 260 Å². The average Bonchev–Trinajstić information content (AvgIpc) is 3.25. The molecule has 3 aromatic carbocycles. The van der Waals surface area contributed by atoms with Gasteiger partial charge in [-0.15, -0.1) is 0 Å². The van der Waals surface area contributed by atoms with Crippen LogP contribution in [0.3, 0.4) is 0 Å². The maximum Gasteiger partial charge on any atom is 0.341 e. The van der Waals surface area contributed by atoms with Gasteiger partial charge in [-0.1, -0.05) is 37.5 Å². The highest BCUT2D eigenvalue weighted by Gasteiger charge is 2.30. The number of nitrogens with zero attached hydrogens (tertiary/aromatic N) is 1. The fraction of sp³-hybridized carbons (Fsp3) is 0.343. The summed E-state index contributed by atoms with van der Waals surface area (Å²) in [6, 6.07) is 16.9. The van der Waals surface area contributed by atoms with Crippen LogP contribution in [0.25, 0.3) is 22.2 Å². The summed E-state index contributed by atoms with van der Waals surface area (Å²) in [7, 11) is 1.64. The molecule has 1 atom stereocenters. The topological polar surface area (TPSA) is 136 Å². The molecule has 0 bridgehead atoms. The quantitative estimate of drug-likeness (QED) is 0.209. The van der Waals surface area contributed by atoms with E-state index in [1.54, 1.807) is 37.4 Å². The van der Waals surface area contributed by atoms with Crippen molar-refractivity contribution in [3.8, 4) is 28.5 Å². The molecular weight excluding hydrogens is 576 g/mol. The number of ether oxygens (including phenoxy) is 3. The Morgan fingerprint density at radius 3 is 2.44 bits per heavy atom. The van der Waals surface area contributed by atoms with Crippen LogP contribution < -0.4 is 19.5 Å². The third-order valence-electron chi connectivity index (χ3n) is 8.72. The van der Waals surface area contributed by atoms with Crippen LogP contribution >= 0.6 is 0 Å². The summed E-state index contributed by atoms with van der Waals surface area (Å²) in [6.45, 7) is 0.585. The first-order chi connectivity index (χ1) is 21.8. The molecule has 1 aliphatic carbocycles. The molecule has 0 spiro atoms. The van der Waals surface area contributed by atoms with E-state index in [-0.39, 0.29) is 6.42 Å². The monoisotopic (exact) mass is 612 g/mol. The predicted octanol–water partition coefficient (Wildman–Crippen LogP) is 5.65. The number of carboxylic acid groups (broad SMARTS) is 2. The summed E-state index contributed by atoms with van der Waals surface area (Å²) < 4.78 is 19.1. The molecule has 2 heterocycles. The standard InChI is InChI=1S/C35H36N2O8/c1-43-25-12-14-27-30(19-25)44-16-15-37-29-18-23(9-13-26(29)32(33(27)37)22-5-3-2-4-6-22)34(40)36-28(35(41)42)17-21-7-10-24(11-8-21)45-20-31(38)39/h7-14,18-19,22,28H,2-6,15-17,20H2,1H3,(H,36,40)(H,38,39)(H,41,42)/t28-/m0/s1. The second-order valence-corrected chi connectivity index (χ2v) is 11.6. The van der Waals surface area contributed by atoms with Gasteiger partial charge in [0.2, 0.25) is 0 Å². The Kier molecular flexibility index (Phi) is 8.64. The maximum atomic E-state index is 13.5. The van der Waals surface area contributed by atoms with Crippen molar-refractivity contribution in [1.29, 1.82) is 0 Å². The SMILES string of the molecule is COc1ccc2c(c1)OCCn1c-2c(C2CCCCC2)c2ccc(C(=O)N[C@@H](Cc3ccc(OCC(=O)O)cc3)C(=O)O)cc21. The van der Waals surface area contributed by atoms with Crippen molar-refractivity contribution in [3.05, 3.63) is 77.4 Å². The molecule has 6 rings (SSSR count). The maximum absolute atomic E-state index is 13.5. The molecule has 1 saturated carbocycles. The van der Waals surface area contributed by atoms with E-state index >= 15 is 0 Å². The van der Waals surface area contributed by atoms with Crippen LogP contribution in [0.5, 0.6) is 17.2 Å². The van der Waals surface area contributed by atoms with Gasteiger partial charge in [-0.2, -0.15) is 0 Å². The van der Waals surface area contributed by atoms with Crippen molar-refractivity contribution in [1.82, 2.24) is 9.88 Å². The molecule has 10 heteroatoms. The van der Waals surface area contributed by atoms with Gasteiger partial charge in [-0.3, -0.25) is 4.79 Å². The number of methoxy groups -OCH3 is 1. The normalized spacial score (nSPS) is 15.2. The van der Waals surface area contributed by atoms with E-state index in [0.717, 1.165) is 46.5 Å². The molecule has 45 heavy (non-hydrogen) atoms. The van der Waals surface area contributed by atoms with Crippen LogP contribution in [0.4, 0.5) is 0 Å². The molecule has 1 fully saturated rings. The van der Waals surface area contributed by atoms with Gasteiger partial charge in [0.05, 0.1) is 19.3 Å². The van der Waals surface area contributed by atoms with Crippen LogP contribution in [0.2, 0.25) is 0 Å². The predicted molar refractivity (Wildman–Crippen MR) is 167 cm³/mol. The Hall–Kier alpha value is -4.99. The second kappa shape index (κ2) is 12.9. The van der Waals surface area contributed by atoms with Gasteiger partial charge >= 0.3 is 11.9 Å². The van der Waals surface area contributed by atoms with Crippen LogP contribution in [-0.2, 0) is 22.6 Å². The van der Waals surface area contributed by atoms with E-state index in [1.807, 2.05) is 30.3 Å². The van der Waals surface area contributed by atoms with E-state index in [1.165, 1.54) is 24.8 Å². The van der Waals surface area contributed by atoms with Crippen LogP contribution in [0.1, 0.15) is 59.5 Å². The summed E-state index contributed by atoms with van der Waals surface area (Å²) in [5.74, 6) is -0.472. The summed E-state index contributed by atoms with van der Waals surface area (Å²) in [6.07, 6.45) is 5.85. The first-order valence-electron chi connectivity index (χ1n) is 15.3. The Morgan fingerprint density at radius 1 is 0.978 bits per heavy atom. The fourth-order valence-corrected chi connectivity index (χ4v) is 6.58. The number of amides is 1. The highest BCUT2D eigenvalue weighted by atomic mass is 16.5. The lowest BCUT2D eigenvalue weighted by atomic mass is 9.81. The lowest BCUT2D eigenvalue weighted by molar-refractivity contribution is -0.140. The minimum Gasteiger partial charge on any atom is -0.497 e. The number of rotatable bonds is 10. The lowest BCUT2D eigenvalue weighted by Crippen LogP contribution is -2.42. The number of aromatic nitrogens is 1. The molecule has 10 nitrogen and oxygen atoms in total. The first-order valence-corrected chi connectivity index (χ1v) is 15.3. The Morgan fingerprint density at radius 2 is 1.73 bits per heavy atom. The minimum atomic E-state index is -1.17. The molecule has 4 aromatic rings. The highest BCUT2D eigenvalue weighted by molar-refractivity contribution is 6.02. The van der Waals surface area contributed by atoms with Crippen molar-refractivity contribution in [2.45, 2.75) is 57.0 Å². The number of benzene rings is 3. The van der Waals surface area contributed by atoms with E-state index in [4.69, 9.17) is 19.3 Å². The van der Waals surface area contributed by atoms with Gasteiger partial charge in [0.15, 0.2) is 6.61 Å². The summed E-state index contributed by atoms with van der Waals surface area (Å²) in [5, 5.41) is 22.5. The van der Waals surface area contributed by atoms with E-state index in [2.05, 4.69) is 9.88 Å². The van der Waals surface area contributed by atoms with Crippen LogP contribution in [0, 0.1) is 0 Å². The third kappa shape index (κ3) is 6.31. The molecular formula is C35H36N2O8. The minimum absolute atomic E-state index is 0.0481. The van der Waals surface area contributed by atoms with Crippen molar-refractivity contribution in [2.75, 3.05) is 20.3 Å². The first kappa shape index (κ1) is 30.1. The zero-order valence-electron chi connectivity index (χ0n) is 25.1. The average molecular weight is 613 g/mol. The van der Waals surface area contributed by atoms with Gasteiger partial charge in [-0.05, 0) is 66.3 Å². The van der Waals surface area contributed by atoms with Gasteiger partial charge in [0, 0.05) is 34.5 Å². The fourth-order valence-electron chi connectivity index (χ4n) is 6.58.